The van der Waals surface area contributed by atoms with Crippen LogP contribution < -0.4 is 16.4 Å². The molecule has 112 valence electrons. The maximum atomic E-state index is 12.0. The van der Waals surface area contributed by atoms with Gasteiger partial charge in [-0.3, -0.25) is 0 Å². The Morgan fingerprint density at radius 3 is 2.76 bits per heavy atom. The van der Waals surface area contributed by atoms with Crippen LogP contribution in [0.4, 0.5) is 10.5 Å². The number of hydrogen-bond acceptors (Lipinski definition) is 4. The van der Waals surface area contributed by atoms with Gasteiger partial charge < -0.3 is 16.4 Å². The van der Waals surface area contributed by atoms with E-state index in [0.717, 1.165) is 21.1 Å². The van der Waals surface area contributed by atoms with Crippen LogP contribution in [-0.4, -0.2) is 11.0 Å². The lowest BCUT2D eigenvalue weighted by molar-refractivity contribution is 0.249. The van der Waals surface area contributed by atoms with Gasteiger partial charge in [0.2, 0.25) is 0 Å². The number of nitrogens with one attached hydrogen (secondary N) is 2. The van der Waals surface area contributed by atoms with E-state index >= 15 is 0 Å². The van der Waals surface area contributed by atoms with Gasteiger partial charge in [0.1, 0.15) is 5.01 Å². The smallest absolute Gasteiger partial charge is 0.319 e. The van der Waals surface area contributed by atoms with Crippen molar-refractivity contribution in [2.75, 3.05) is 5.32 Å². The number of carbonyl (C=O) groups is 1. The molecule has 1 aromatic carbocycles. The first-order valence-corrected chi connectivity index (χ1v) is 7.62. The highest BCUT2D eigenvalue weighted by molar-refractivity contribution is 7.11. The van der Waals surface area contributed by atoms with E-state index in [1.54, 1.807) is 11.3 Å². The quantitative estimate of drug-likeness (QED) is 0.810. The van der Waals surface area contributed by atoms with Crippen molar-refractivity contribution in [3.8, 4) is 0 Å². The standard InChI is InChI=1S/C15H20N4OS/c1-9-8-17-14(21-9)11(3)18-15(20)19-13-6-4-5-12(7-13)10(2)16/h4-8,10-11H,16H2,1-3H3,(H2,18,19,20). The number of hydrogen-bond donors (Lipinski definition) is 3. The summed E-state index contributed by atoms with van der Waals surface area (Å²) >= 11 is 1.58. The third-order valence-corrected chi connectivity index (χ3v) is 4.12. The summed E-state index contributed by atoms with van der Waals surface area (Å²) in [4.78, 5) is 17.4. The van der Waals surface area contributed by atoms with Gasteiger partial charge in [-0.05, 0) is 38.5 Å². The third-order valence-electron chi connectivity index (χ3n) is 3.03. The fourth-order valence-corrected chi connectivity index (χ4v) is 2.67. The molecule has 6 heteroatoms. The van der Waals surface area contributed by atoms with Gasteiger partial charge in [-0.1, -0.05) is 12.1 Å². The first kappa shape index (κ1) is 15.5. The molecule has 2 unspecified atom stereocenters. The van der Waals surface area contributed by atoms with Crippen LogP contribution in [0.15, 0.2) is 30.5 Å². The molecular formula is C15H20N4OS. The SMILES string of the molecule is Cc1cnc(C(C)NC(=O)Nc2cccc(C(C)N)c2)s1. The zero-order valence-electron chi connectivity index (χ0n) is 12.4. The van der Waals surface area contributed by atoms with Gasteiger partial charge in [0, 0.05) is 22.8 Å². The van der Waals surface area contributed by atoms with E-state index in [1.807, 2.05) is 51.2 Å². The molecule has 0 saturated heterocycles. The van der Waals surface area contributed by atoms with Crippen LogP contribution >= 0.6 is 11.3 Å². The number of amides is 2. The van der Waals surface area contributed by atoms with Gasteiger partial charge in [0.25, 0.3) is 0 Å². The molecule has 0 aliphatic rings. The van der Waals surface area contributed by atoms with Gasteiger partial charge >= 0.3 is 6.03 Å². The van der Waals surface area contributed by atoms with E-state index in [9.17, 15) is 4.79 Å². The highest BCUT2D eigenvalue weighted by Gasteiger charge is 2.12. The summed E-state index contributed by atoms with van der Waals surface area (Å²) in [5.74, 6) is 0. The summed E-state index contributed by atoms with van der Waals surface area (Å²) in [6, 6.07) is 7.09. The van der Waals surface area contributed by atoms with E-state index < -0.39 is 0 Å². The number of nitrogens with zero attached hydrogens (tertiary/aromatic N) is 1. The first-order valence-electron chi connectivity index (χ1n) is 6.81. The normalized spacial score (nSPS) is 13.5. The van der Waals surface area contributed by atoms with Gasteiger partial charge in [0.15, 0.2) is 0 Å². The number of thiazole rings is 1. The number of rotatable bonds is 4. The molecule has 0 radical (unpaired) electrons. The van der Waals surface area contributed by atoms with E-state index in [1.165, 1.54) is 0 Å². The average Bonchev–Trinajstić information content (AvgIpc) is 2.85. The van der Waals surface area contributed by atoms with Gasteiger partial charge in [-0.25, -0.2) is 9.78 Å². The number of aryl methyl sites for hydroxylation is 1. The van der Waals surface area contributed by atoms with Crippen molar-refractivity contribution in [2.24, 2.45) is 5.73 Å². The molecule has 2 amide bonds. The van der Waals surface area contributed by atoms with E-state index in [4.69, 9.17) is 5.73 Å². The Kier molecular flexibility index (Phi) is 4.93. The zero-order valence-corrected chi connectivity index (χ0v) is 13.2. The zero-order chi connectivity index (χ0) is 15.4. The molecule has 0 bridgehead atoms. The summed E-state index contributed by atoms with van der Waals surface area (Å²) in [7, 11) is 0. The highest BCUT2D eigenvalue weighted by atomic mass is 32.1. The molecule has 0 spiro atoms. The lowest BCUT2D eigenvalue weighted by atomic mass is 10.1. The molecule has 1 aromatic heterocycles. The Labute approximate surface area is 128 Å². The third kappa shape index (κ3) is 4.27. The molecule has 5 nitrogen and oxygen atoms in total. The van der Waals surface area contributed by atoms with Crippen LogP contribution in [0.5, 0.6) is 0 Å². The Bertz CT molecular complexity index is 624. The number of carbonyl (C=O) groups excluding carboxylic acids is 1. The predicted octanol–water partition coefficient (Wildman–Crippen LogP) is 3.35. The van der Waals surface area contributed by atoms with Crippen molar-refractivity contribution in [3.05, 3.63) is 45.9 Å². The van der Waals surface area contributed by atoms with Crippen LogP contribution in [-0.2, 0) is 0 Å². The largest absolute Gasteiger partial charge is 0.329 e. The Hall–Kier alpha value is -1.92. The first-order chi connectivity index (χ1) is 9.95. The minimum Gasteiger partial charge on any atom is -0.329 e. The maximum Gasteiger partial charge on any atom is 0.319 e. The molecule has 2 atom stereocenters. The fourth-order valence-electron chi connectivity index (χ4n) is 1.90. The lowest BCUT2D eigenvalue weighted by Gasteiger charge is -2.13. The number of nitrogens with two attached hydrogens (primary N) is 1. The summed E-state index contributed by atoms with van der Waals surface area (Å²) in [6.07, 6.45) is 1.81. The van der Waals surface area contributed by atoms with Crippen LogP contribution in [0.1, 0.15) is 41.4 Å². The van der Waals surface area contributed by atoms with Crippen molar-refractivity contribution in [1.82, 2.24) is 10.3 Å². The summed E-state index contributed by atoms with van der Waals surface area (Å²) in [5.41, 5.74) is 7.55. The van der Waals surface area contributed by atoms with Gasteiger partial charge in [-0.2, -0.15) is 0 Å². The number of benzene rings is 1. The van der Waals surface area contributed by atoms with Crippen molar-refractivity contribution >= 4 is 23.1 Å². The van der Waals surface area contributed by atoms with Crippen LogP contribution in [0.3, 0.4) is 0 Å². The number of urea groups is 1. The molecule has 0 aliphatic carbocycles. The summed E-state index contributed by atoms with van der Waals surface area (Å²) in [5, 5.41) is 6.58. The lowest BCUT2D eigenvalue weighted by Crippen LogP contribution is -2.31. The molecule has 0 saturated carbocycles. The second-order valence-electron chi connectivity index (χ2n) is 5.04. The fraction of sp³-hybridized carbons (Fsp3) is 0.333. The monoisotopic (exact) mass is 304 g/mol. The maximum absolute atomic E-state index is 12.0. The molecule has 2 aromatic rings. The molecule has 2 rings (SSSR count). The topological polar surface area (TPSA) is 80.0 Å². The minimum atomic E-state index is -0.253. The molecular weight excluding hydrogens is 284 g/mol. The van der Waals surface area contributed by atoms with Crippen LogP contribution in [0.2, 0.25) is 0 Å². The predicted molar refractivity (Wildman–Crippen MR) is 86.5 cm³/mol. The highest BCUT2D eigenvalue weighted by Crippen LogP contribution is 2.19. The van der Waals surface area contributed by atoms with Crippen molar-refractivity contribution < 1.29 is 4.79 Å². The Balaban J connectivity index is 1.97. The Morgan fingerprint density at radius 1 is 1.38 bits per heavy atom. The van der Waals surface area contributed by atoms with Gasteiger partial charge in [0.05, 0.1) is 6.04 Å². The second-order valence-corrected chi connectivity index (χ2v) is 6.31. The average molecular weight is 304 g/mol. The van der Waals surface area contributed by atoms with Gasteiger partial charge in [-0.15, -0.1) is 11.3 Å². The van der Waals surface area contributed by atoms with Crippen molar-refractivity contribution in [1.29, 1.82) is 0 Å². The second kappa shape index (κ2) is 6.69. The molecule has 1 heterocycles. The summed E-state index contributed by atoms with van der Waals surface area (Å²) < 4.78 is 0. The Morgan fingerprint density at radius 2 is 2.14 bits per heavy atom. The molecule has 4 N–H and O–H groups in total. The van der Waals surface area contributed by atoms with Crippen molar-refractivity contribution in [3.63, 3.8) is 0 Å². The van der Waals surface area contributed by atoms with Crippen molar-refractivity contribution in [2.45, 2.75) is 32.9 Å². The molecule has 0 fully saturated rings. The minimum absolute atomic E-state index is 0.0629. The van der Waals surface area contributed by atoms with E-state index in [2.05, 4.69) is 15.6 Å². The van der Waals surface area contributed by atoms with E-state index in [-0.39, 0.29) is 18.1 Å². The molecule has 21 heavy (non-hydrogen) atoms. The van der Waals surface area contributed by atoms with Crippen LogP contribution in [0.25, 0.3) is 0 Å². The van der Waals surface area contributed by atoms with E-state index in [0.29, 0.717) is 0 Å². The summed E-state index contributed by atoms with van der Waals surface area (Å²) in [6.45, 7) is 5.82. The number of aromatic nitrogens is 1. The number of anilines is 1. The molecule has 0 aliphatic heterocycles. The van der Waals surface area contributed by atoms with Crippen LogP contribution in [0, 0.1) is 6.92 Å².